The first kappa shape index (κ1) is 18.1. The Hall–Kier alpha value is -1.95. The topological polar surface area (TPSA) is 73.9 Å². The van der Waals surface area contributed by atoms with Crippen molar-refractivity contribution in [3.63, 3.8) is 0 Å². The molecule has 0 bridgehead atoms. The van der Waals surface area contributed by atoms with Crippen LogP contribution in [0, 0.1) is 0 Å². The number of nitrogens with one attached hydrogen (secondary N) is 1. The van der Waals surface area contributed by atoms with Gasteiger partial charge in [-0.25, -0.2) is 9.59 Å². The Bertz CT molecular complexity index is 527. The van der Waals surface area contributed by atoms with Crippen LogP contribution in [-0.2, 0) is 14.3 Å². The molecule has 0 spiro atoms. The molecule has 0 heterocycles. The summed E-state index contributed by atoms with van der Waals surface area (Å²) >= 11 is 5.43. The van der Waals surface area contributed by atoms with Crippen LogP contribution >= 0.6 is 11.6 Å². The number of para-hydroxylation sites is 1. The second kappa shape index (κ2) is 7.89. The highest BCUT2D eigenvalue weighted by molar-refractivity contribution is 6.17. The molecule has 22 heavy (non-hydrogen) atoms. The van der Waals surface area contributed by atoms with E-state index in [4.69, 9.17) is 25.8 Å². The molecule has 7 heteroatoms. The van der Waals surface area contributed by atoms with Crippen molar-refractivity contribution in [2.75, 3.05) is 13.2 Å². The maximum atomic E-state index is 12.1. The fourth-order valence-electron chi connectivity index (χ4n) is 1.73. The molecule has 0 saturated carbocycles. The Kier molecular flexibility index (Phi) is 6.49. The summed E-state index contributed by atoms with van der Waals surface area (Å²) in [7, 11) is 1.47. The zero-order chi connectivity index (χ0) is 16.8. The lowest BCUT2D eigenvalue weighted by Crippen LogP contribution is -2.38. The minimum atomic E-state index is -1.08. The second-order valence-electron chi connectivity index (χ2n) is 5.39. The molecule has 1 amide bonds. The summed E-state index contributed by atoms with van der Waals surface area (Å²) in [5.41, 5.74) is -0.239. The van der Waals surface area contributed by atoms with E-state index >= 15 is 0 Å². The van der Waals surface area contributed by atoms with E-state index in [2.05, 4.69) is 5.32 Å². The van der Waals surface area contributed by atoms with Gasteiger partial charge in [0.2, 0.25) is 0 Å². The van der Waals surface area contributed by atoms with Crippen LogP contribution in [0.1, 0.15) is 32.4 Å². The van der Waals surface area contributed by atoms with Gasteiger partial charge in [-0.2, -0.15) is 0 Å². The third-order valence-corrected chi connectivity index (χ3v) is 2.65. The van der Waals surface area contributed by atoms with E-state index in [0.717, 1.165) is 0 Å². The molecule has 0 saturated heterocycles. The molecule has 0 fully saturated rings. The third kappa shape index (κ3) is 5.44. The van der Waals surface area contributed by atoms with Gasteiger partial charge in [0, 0.05) is 5.56 Å². The van der Waals surface area contributed by atoms with Gasteiger partial charge < -0.3 is 19.5 Å². The molecule has 0 aromatic heterocycles. The molecular weight excluding hydrogens is 310 g/mol. The van der Waals surface area contributed by atoms with E-state index in [-0.39, 0.29) is 6.07 Å². The fraction of sp³-hybridized carbons (Fsp3) is 0.467. The molecule has 1 rings (SSSR count). The number of alkyl halides is 1. The van der Waals surface area contributed by atoms with Gasteiger partial charge in [-0.3, -0.25) is 0 Å². The number of ether oxygens (including phenoxy) is 3. The maximum Gasteiger partial charge on any atom is 0.408 e. The zero-order valence-electron chi connectivity index (χ0n) is 13.0. The molecule has 1 aromatic carbocycles. The Balaban J connectivity index is 3.03. The molecule has 1 unspecified atom stereocenters. The lowest BCUT2D eigenvalue weighted by Gasteiger charge is -2.23. The van der Waals surface area contributed by atoms with E-state index in [1.807, 2.05) is 0 Å². The average Bonchev–Trinajstić information content (AvgIpc) is 2.43. The Morgan fingerprint density at radius 3 is 2.45 bits per heavy atom. The van der Waals surface area contributed by atoms with Crippen LogP contribution in [-0.4, -0.2) is 30.8 Å². The largest absolute Gasteiger partial charge is 0.496 e. The number of hydrogen-bond donors (Lipinski definition) is 1. The average molecular weight is 330 g/mol. The van der Waals surface area contributed by atoms with Gasteiger partial charge in [-0.1, -0.05) is 29.8 Å². The normalized spacial score (nSPS) is 12.2. The summed E-state index contributed by atoms with van der Waals surface area (Å²) in [6.45, 7) is 5.17. The molecule has 1 N–H and O–H groups in total. The summed E-state index contributed by atoms with van der Waals surface area (Å²) in [5.74, 6) is -0.263. The number of carbonyl (C=O) groups is 2. The fourth-order valence-corrected chi connectivity index (χ4v) is 1.84. The van der Waals surface area contributed by atoms with E-state index in [9.17, 15) is 9.59 Å². The van der Waals surface area contributed by atoms with Gasteiger partial charge in [0.05, 0.1) is 7.11 Å². The molecule has 0 aliphatic carbocycles. The van der Waals surface area contributed by atoms with Gasteiger partial charge in [0.15, 0.2) is 12.1 Å². The molecule has 6 nitrogen and oxygen atoms in total. The molecule has 0 aliphatic rings. The van der Waals surface area contributed by atoms with Crippen LogP contribution in [0.3, 0.4) is 0 Å². The number of carbonyl (C=O) groups excluding carboxylic acids is 2. The lowest BCUT2D eigenvalue weighted by molar-refractivity contribution is -0.144. The highest BCUT2D eigenvalue weighted by Crippen LogP contribution is 2.26. The number of halogens is 1. The first-order valence-electron chi connectivity index (χ1n) is 6.63. The number of hydrogen-bond acceptors (Lipinski definition) is 5. The quantitative estimate of drug-likeness (QED) is 0.664. The molecule has 1 aromatic rings. The number of alkyl carbamates (subject to hydrolysis) is 1. The first-order valence-corrected chi connectivity index (χ1v) is 7.17. The smallest absolute Gasteiger partial charge is 0.408 e. The summed E-state index contributed by atoms with van der Waals surface area (Å²) in [6, 6.07) is 5.39. The van der Waals surface area contributed by atoms with Gasteiger partial charge in [0.25, 0.3) is 0 Å². The third-order valence-electron chi connectivity index (χ3n) is 2.54. The van der Waals surface area contributed by atoms with Crippen molar-refractivity contribution < 1.29 is 23.8 Å². The summed E-state index contributed by atoms with van der Waals surface area (Å²) in [6.07, 6.45) is -0.741. The number of benzene rings is 1. The highest BCUT2D eigenvalue weighted by atomic mass is 35.5. The number of methoxy groups -OCH3 is 1. The van der Waals surface area contributed by atoms with E-state index in [1.54, 1.807) is 45.0 Å². The minimum absolute atomic E-state index is 0.319. The maximum absolute atomic E-state index is 12.1. The van der Waals surface area contributed by atoms with E-state index in [0.29, 0.717) is 11.3 Å². The molecule has 1 atom stereocenters. The van der Waals surface area contributed by atoms with Crippen molar-refractivity contribution in [3.05, 3.63) is 29.8 Å². The van der Waals surface area contributed by atoms with Crippen molar-refractivity contribution in [2.45, 2.75) is 32.4 Å². The van der Waals surface area contributed by atoms with E-state index in [1.165, 1.54) is 7.11 Å². The van der Waals surface area contributed by atoms with Crippen LogP contribution in [0.5, 0.6) is 5.75 Å². The molecular formula is C15H20ClNO5. The number of amides is 1. The summed E-state index contributed by atoms with van der Waals surface area (Å²) in [5, 5.41) is 2.47. The van der Waals surface area contributed by atoms with Crippen molar-refractivity contribution in [3.8, 4) is 5.75 Å². The highest BCUT2D eigenvalue weighted by Gasteiger charge is 2.29. The zero-order valence-corrected chi connectivity index (χ0v) is 13.8. The molecule has 122 valence electrons. The SMILES string of the molecule is COc1ccccc1C(NC(=O)OC(C)(C)C)C(=O)OCCl. The standard InChI is InChI=1S/C15H20ClNO5/c1-15(2,3)22-14(19)17-12(13(18)21-9-16)10-7-5-6-8-11(10)20-4/h5-8,12H,9H2,1-4H3,(H,17,19). The Morgan fingerprint density at radius 1 is 1.27 bits per heavy atom. The monoisotopic (exact) mass is 329 g/mol. The molecule has 0 radical (unpaired) electrons. The van der Waals surface area contributed by atoms with Crippen LogP contribution in [0.2, 0.25) is 0 Å². The van der Waals surface area contributed by atoms with Crippen molar-refractivity contribution in [2.24, 2.45) is 0 Å². The van der Waals surface area contributed by atoms with Gasteiger partial charge in [0.1, 0.15) is 11.4 Å². The number of esters is 1. The summed E-state index contributed by atoms with van der Waals surface area (Å²) < 4.78 is 15.2. The van der Waals surface area contributed by atoms with Crippen LogP contribution in [0.4, 0.5) is 4.79 Å². The van der Waals surface area contributed by atoms with E-state index < -0.39 is 23.7 Å². The predicted octanol–water partition coefficient (Wildman–Crippen LogP) is 3.00. The van der Waals surface area contributed by atoms with Gasteiger partial charge in [-0.15, -0.1) is 0 Å². The van der Waals surface area contributed by atoms with Crippen LogP contribution in [0.15, 0.2) is 24.3 Å². The summed E-state index contributed by atoms with van der Waals surface area (Å²) in [4.78, 5) is 24.0. The lowest BCUT2D eigenvalue weighted by atomic mass is 10.1. The van der Waals surface area contributed by atoms with Crippen molar-refractivity contribution >= 4 is 23.7 Å². The van der Waals surface area contributed by atoms with Crippen molar-refractivity contribution in [1.29, 1.82) is 0 Å². The predicted molar refractivity (Wildman–Crippen MR) is 81.9 cm³/mol. The minimum Gasteiger partial charge on any atom is -0.496 e. The van der Waals surface area contributed by atoms with Gasteiger partial charge in [-0.05, 0) is 26.8 Å². The van der Waals surface area contributed by atoms with Crippen molar-refractivity contribution in [1.82, 2.24) is 5.32 Å². The Labute approximate surface area is 134 Å². The Morgan fingerprint density at radius 2 is 1.91 bits per heavy atom. The molecule has 0 aliphatic heterocycles. The van der Waals surface area contributed by atoms with Gasteiger partial charge >= 0.3 is 12.1 Å². The van der Waals surface area contributed by atoms with Crippen LogP contribution < -0.4 is 10.1 Å². The second-order valence-corrected chi connectivity index (χ2v) is 5.61. The first-order chi connectivity index (χ1) is 10.3. The number of rotatable bonds is 5. The van der Waals surface area contributed by atoms with Crippen LogP contribution in [0.25, 0.3) is 0 Å².